The van der Waals surface area contributed by atoms with Gasteiger partial charge < -0.3 is 9.84 Å². The van der Waals surface area contributed by atoms with Crippen molar-refractivity contribution in [2.75, 3.05) is 0 Å². The number of nitrogens with one attached hydrogen (secondary N) is 1. The zero-order valence-electron chi connectivity index (χ0n) is 12.4. The Morgan fingerprint density at radius 1 is 1.22 bits per heavy atom. The second kappa shape index (κ2) is 5.84. The lowest BCUT2D eigenvalue weighted by atomic mass is 9.75. The average molecular weight is 351 g/mol. The molecule has 6 heteroatoms. The van der Waals surface area contributed by atoms with Gasteiger partial charge in [-0.3, -0.25) is 4.79 Å². The molecule has 2 aromatic rings. The van der Waals surface area contributed by atoms with E-state index in [-0.39, 0.29) is 17.9 Å². The summed E-state index contributed by atoms with van der Waals surface area (Å²) in [6.45, 7) is 0. The van der Waals surface area contributed by atoms with Crippen LogP contribution in [0.4, 0.5) is 0 Å². The Hall–Kier alpha value is -1.52. The molecule has 4 rings (SSSR count). The third-order valence-corrected chi connectivity index (χ3v) is 5.31. The molecule has 2 aliphatic carbocycles. The van der Waals surface area contributed by atoms with Gasteiger partial charge in [-0.05, 0) is 43.4 Å². The zero-order valence-corrected chi connectivity index (χ0v) is 13.9. The standard InChI is InChI=1S/C17H16Cl2N2O2/c18-10-3-4-11(14(19)7-10)12-5-6-15(12)21-17(22)13-8-20-23-16(13)9-1-2-9/h3-4,7-9,12,15H,1-2,5-6H2,(H,21,22)/t12-,15-/m0/s1. The minimum atomic E-state index is -0.104. The first kappa shape index (κ1) is 15.0. The predicted octanol–water partition coefficient (Wildman–Crippen LogP) is 4.53. The fourth-order valence-corrected chi connectivity index (χ4v) is 3.70. The van der Waals surface area contributed by atoms with E-state index in [1.54, 1.807) is 6.07 Å². The zero-order chi connectivity index (χ0) is 16.0. The Morgan fingerprint density at radius 2 is 2.04 bits per heavy atom. The van der Waals surface area contributed by atoms with Gasteiger partial charge >= 0.3 is 0 Å². The van der Waals surface area contributed by atoms with E-state index >= 15 is 0 Å². The first-order valence-corrected chi connectivity index (χ1v) is 8.59. The number of hydrogen-bond acceptors (Lipinski definition) is 3. The highest BCUT2D eigenvalue weighted by Crippen LogP contribution is 2.43. The first-order chi connectivity index (χ1) is 11.1. The summed E-state index contributed by atoms with van der Waals surface area (Å²) in [5, 5.41) is 8.17. The summed E-state index contributed by atoms with van der Waals surface area (Å²) < 4.78 is 5.24. The number of halogens is 2. The smallest absolute Gasteiger partial charge is 0.256 e. The van der Waals surface area contributed by atoms with Crippen LogP contribution in [-0.2, 0) is 0 Å². The van der Waals surface area contributed by atoms with Gasteiger partial charge in [0, 0.05) is 27.9 Å². The summed E-state index contributed by atoms with van der Waals surface area (Å²) in [5.41, 5.74) is 1.61. The van der Waals surface area contributed by atoms with Crippen molar-refractivity contribution in [3.63, 3.8) is 0 Å². The van der Waals surface area contributed by atoms with Gasteiger partial charge in [0.15, 0.2) is 5.76 Å². The summed E-state index contributed by atoms with van der Waals surface area (Å²) in [7, 11) is 0. The molecule has 1 amide bonds. The van der Waals surface area contributed by atoms with Gasteiger partial charge in [-0.1, -0.05) is 34.4 Å². The molecule has 1 aromatic carbocycles. The number of carbonyl (C=O) groups is 1. The highest BCUT2D eigenvalue weighted by Gasteiger charge is 2.37. The summed E-state index contributed by atoms with van der Waals surface area (Å²) in [4.78, 5) is 12.5. The summed E-state index contributed by atoms with van der Waals surface area (Å²) in [6.07, 6.45) is 5.61. The van der Waals surface area contributed by atoms with Crippen LogP contribution >= 0.6 is 23.2 Å². The van der Waals surface area contributed by atoms with Crippen LogP contribution in [0.25, 0.3) is 0 Å². The van der Waals surface area contributed by atoms with Gasteiger partial charge in [-0.15, -0.1) is 0 Å². The fourth-order valence-electron chi connectivity index (χ4n) is 3.15. The van der Waals surface area contributed by atoms with Crippen LogP contribution < -0.4 is 5.32 Å². The van der Waals surface area contributed by atoms with Gasteiger partial charge in [0.2, 0.25) is 0 Å². The van der Waals surface area contributed by atoms with E-state index < -0.39 is 0 Å². The number of rotatable bonds is 4. The van der Waals surface area contributed by atoms with E-state index in [1.807, 2.05) is 12.1 Å². The van der Waals surface area contributed by atoms with Gasteiger partial charge in [0.05, 0.1) is 6.20 Å². The van der Waals surface area contributed by atoms with Crippen LogP contribution in [-0.4, -0.2) is 17.1 Å². The van der Waals surface area contributed by atoms with Crippen molar-refractivity contribution in [3.05, 3.63) is 51.3 Å². The highest BCUT2D eigenvalue weighted by molar-refractivity contribution is 6.35. The van der Waals surface area contributed by atoms with Crippen molar-refractivity contribution in [1.82, 2.24) is 10.5 Å². The van der Waals surface area contributed by atoms with E-state index in [2.05, 4.69) is 10.5 Å². The Balaban J connectivity index is 1.48. The summed E-state index contributed by atoms with van der Waals surface area (Å²) >= 11 is 12.2. The molecular weight excluding hydrogens is 335 g/mol. The molecule has 1 N–H and O–H groups in total. The largest absolute Gasteiger partial charge is 0.360 e. The lowest BCUT2D eigenvalue weighted by Crippen LogP contribution is -2.45. The van der Waals surface area contributed by atoms with Crippen molar-refractivity contribution in [2.24, 2.45) is 0 Å². The number of nitrogens with zero attached hydrogens (tertiary/aromatic N) is 1. The summed E-state index contributed by atoms with van der Waals surface area (Å²) in [5.74, 6) is 1.21. The minimum absolute atomic E-state index is 0.0862. The quantitative estimate of drug-likeness (QED) is 0.880. The molecule has 4 nitrogen and oxygen atoms in total. The summed E-state index contributed by atoms with van der Waals surface area (Å²) in [6, 6.07) is 5.62. The monoisotopic (exact) mass is 350 g/mol. The van der Waals surface area contributed by atoms with Crippen LogP contribution in [0.2, 0.25) is 10.0 Å². The minimum Gasteiger partial charge on any atom is -0.360 e. The van der Waals surface area contributed by atoms with Crippen molar-refractivity contribution in [2.45, 2.75) is 43.6 Å². The second-order valence-corrected chi connectivity index (χ2v) is 7.15. The van der Waals surface area contributed by atoms with E-state index in [4.69, 9.17) is 27.7 Å². The Kier molecular flexibility index (Phi) is 3.82. The highest BCUT2D eigenvalue weighted by atomic mass is 35.5. The number of benzene rings is 1. The molecule has 0 radical (unpaired) electrons. The Labute approximate surface area is 144 Å². The molecule has 0 bridgehead atoms. The van der Waals surface area contributed by atoms with Gasteiger partial charge in [-0.25, -0.2) is 0 Å². The SMILES string of the molecule is O=C(N[C@H]1CC[C@H]1c1ccc(Cl)cc1Cl)c1cnoc1C1CC1. The van der Waals surface area contributed by atoms with Gasteiger partial charge in [-0.2, -0.15) is 0 Å². The predicted molar refractivity (Wildman–Crippen MR) is 88.2 cm³/mol. The molecule has 2 aliphatic rings. The molecule has 2 fully saturated rings. The van der Waals surface area contributed by atoms with Crippen molar-refractivity contribution >= 4 is 29.1 Å². The van der Waals surface area contributed by atoms with E-state index in [0.29, 0.717) is 21.5 Å². The molecular formula is C17H16Cl2N2O2. The average Bonchev–Trinajstić information content (AvgIpc) is 3.23. The molecule has 0 spiro atoms. The number of aromatic nitrogens is 1. The molecule has 2 saturated carbocycles. The van der Waals surface area contributed by atoms with Gasteiger partial charge in [0.1, 0.15) is 5.56 Å². The molecule has 0 saturated heterocycles. The first-order valence-electron chi connectivity index (χ1n) is 7.84. The third-order valence-electron chi connectivity index (χ3n) is 4.74. The number of hydrogen-bond donors (Lipinski definition) is 1. The Morgan fingerprint density at radius 3 is 2.70 bits per heavy atom. The molecule has 23 heavy (non-hydrogen) atoms. The molecule has 2 atom stereocenters. The van der Waals surface area contributed by atoms with Crippen molar-refractivity contribution in [3.8, 4) is 0 Å². The van der Waals surface area contributed by atoms with Crippen LogP contribution in [0.1, 0.15) is 59.2 Å². The normalized spacial score (nSPS) is 23.4. The van der Waals surface area contributed by atoms with Crippen LogP contribution in [0.3, 0.4) is 0 Å². The molecule has 0 unspecified atom stereocenters. The van der Waals surface area contributed by atoms with Crippen molar-refractivity contribution < 1.29 is 9.32 Å². The second-order valence-electron chi connectivity index (χ2n) is 6.31. The van der Waals surface area contributed by atoms with Gasteiger partial charge in [0.25, 0.3) is 5.91 Å². The number of carbonyl (C=O) groups excluding carboxylic acids is 1. The van der Waals surface area contributed by atoms with Crippen LogP contribution in [0.5, 0.6) is 0 Å². The maximum Gasteiger partial charge on any atom is 0.256 e. The van der Waals surface area contributed by atoms with E-state index in [1.165, 1.54) is 6.20 Å². The van der Waals surface area contributed by atoms with Crippen LogP contribution in [0.15, 0.2) is 28.9 Å². The molecule has 1 heterocycles. The maximum atomic E-state index is 12.5. The van der Waals surface area contributed by atoms with Crippen molar-refractivity contribution in [1.29, 1.82) is 0 Å². The third kappa shape index (κ3) is 2.86. The Bertz CT molecular complexity index is 755. The lowest BCUT2D eigenvalue weighted by Gasteiger charge is -2.38. The maximum absolute atomic E-state index is 12.5. The topological polar surface area (TPSA) is 55.1 Å². The molecule has 120 valence electrons. The van der Waals surface area contributed by atoms with E-state index in [0.717, 1.165) is 37.0 Å². The number of amides is 1. The van der Waals surface area contributed by atoms with E-state index in [9.17, 15) is 4.79 Å². The van der Waals surface area contributed by atoms with Crippen LogP contribution in [0, 0.1) is 0 Å². The molecule has 1 aromatic heterocycles. The fraction of sp³-hybridized carbons (Fsp3) is 0.412. The lowest BCUT2D eigenvalue weighted by molar-refractivity contribution is 0.0902. The molecule has 0 aliphatic heterocycles.